The molecule has 0 radical (unpaired) electrons. The summed E-state index contributed by atoms with van der Waals surface area (Å²) in [5, 5.41) is 10.3. The first kappa shape index (κ1) is 50.7. The normalized spacial score (nSPS) is 19.7. The van der Waals surface area contributed by atoms with Gasteiger partial charge in [-0.05, 0) is 92.6 Å². The molecule has 2 aromatic rings. The fourth-order valence-electron chi connectivity index (χ4n) is 8.28. The van der Waals surface area contributed by atoms with Gasteiger partial charge in [0.25, 0.3) is 50.6 Å². The van der Waals surface area contributed by atoms with Gasteiger partial charge in [-0.1, -0.05) is 26.0 Å². The van der Waals surface area contributed by atoms with Crippen molar-refractivity contribution in [1.82, 2.24) is 5.32 Å². The molecule has 0 saturated carbocycles. The molecule has 2 aromatic carbocycles. The Bertz CT molecular complexity index is 2990. The third kappa shape index (κ3) is 11.6. The number of carboxylic acid groups (broad SMARTS) is 1. The Balaban J connectivity index is 1.69. The second-order valence-corrected chi connectivity index (χ2v) is 24.2. The van der Waals surface area contributed by atoms with Crippen molar-refractivity contribution in [1.29, 1.82) is 0 Å². The standard InChI is InChI=1S/C39H49N3O17S5/c1-38(2)29-22-27(62(51,52)53)12-14-31(29)41(18-6-20-60(45,46)47)34(38)16-10-25-8-5-9-26(36(25)40-24-33(37(43)44)64(57,58)59)11-17-35-39(3,4)30-23-28(63(54,55)56)13-15-32(30)42(35)19-7-21-61(48,49)50/h10-17,22-23,33H,5-9,18-21,24H2,1-4H3,(H6,43,44,45,46,47,48,49,50,51,52,53,54,55,56,57,58,59)/p+1/b25-10+,34-16-. The van der Waals surface area contributed by atoms with Crippen LogP contribution in [0.25, 0.3) is 0 Å². The van der Waals surface area contributed by atoms with Crippen LogP contribution in [0.3, 0.4) is 0 Å². The quantitative estimate of drug-likeness (QED) is 0.0828. The summed E-state index contributed by atoms with van der Waals surface area (Å²) in [5.41, 5.74) is 2.25. The highest BCUT2D eigenvalue weighted by atomic mass is 32.2. The molecule has 0 spiro atoms. The number of benzene rings is 2. The van der Waals surface area contributed by atoms with Gasteiger partial charge < -0.3 is 15.3 Å². The Labute approximate surface area is 372 Å². The fourth-order valence-corrected chi connectivity index (χ4v) is 10.8. The lowest BCUT2D eigenvalue weighted by molar-refractivity contribution is -0.437. The van der Waals surface area contributed by atoms with Crippen LogP contribution in [0.15, 0.2) is 93.0 Å². The highest BCUT2D eigenvalue weighted by molar-refractivity contribution is 7.87. The van der Waals surface area contributed by atoms with Gasteiger partial charge in [0, 0.05) is 59.7 Å². The molecule has 2 heterocycles. The van der Waals surface area contributed by atoms with E-state index in [2.05, 4.69) is 5.32 Å². The van der Waals surface area contributed by atoms with Crippen LogP contribution >= 0.6 is 0 Å². The monoisotopic (exact) mass is 992 g/mol. The summed E-state index contributed by atoms with van der Waals surface area (Å²) in [4.78, 5) is 13.0. The first-order chi connectivity index (χ1) is 29.2. The van der Waals surface area contributed by atoms with Crippen molar-refractivity contribution in [2.75, 3.05) is 36.0 Å². The van der Waals surface area contributed by atoms with Crippen molar-refractivity contribution in [3.8, 4) is 0 Å². The van der Waals surface area contributed by atoms with Crippen molar-refractivity contribution >= 4 is 73.6 Å². The number of hydrogen-bond acceptors (Lipinski definition) is 13. The topological polar surface area (TPSA) is 327 Å². The molecule has 20 nitrogen and oxygen atoms in total. The van der Waals surface area contributed by atoms with Crippen molar-refractivity contribution in [2.45, 2.75) is 85.7 Å². The summed E-state index contributed by atoms with van der Waals surface area (Å²) in [5.74, 6) is -3.03. The third-order valence-corrected chi connectivity index (χ3v) is 15.8. The van der Waals surface area contributed by atoms with Crippen LogP contribution in [0.4, 0.5) is 11.4 Å². The van der Waals surface area contributed by atoms with Gasteiger partial charge in [-0.2, -0.15) is 46.7 Å². The minimum absolute atomic E-state index is 0.0310. The van der Waals surface area contributed by atoms with E-state index in [0.29, 0.717) is 64.3 Å². The van der Waals surface area contributed by atoms with E-state index in [4.69, 9.17) is 0 Å². The number of rotatable bonds is 18. The summed E-state index contributed by atoms with van der Waals surface area (Å²) in [6.45, 7) is 6.32. The Morgan fingerprint density at radius 1 is 0.766 bits per heavy atom. The van der Waals surface area contributed by atoms with Crippen LogP contribution in [0, 0.1) is 0 Å². The highest BCUT2D eigenvalue weighted by Gasteiger charge is 2.45. The third-order valence-electron chi connectivity index (χ3n) is 11.4. The summed E-state index contributed by atoms with van der Waals surface area (Å²) in [6, 6.07) is 7.87. The Morgan fingerprint density at radius 3 is 1.91 bits per heavy atom. The molecule has 2 aliphatic heterocycles. The van der Waals surface area contributed by atoms with E-state index in [9.17, 15) is 74.8 Å². The van der Waals surface area contributed by atoms with Gasteiger partial charge in [-0.25, -0.2) is 0 Å². The molecule has 0 saturated heterocycles. The van der Waals surface area contributed by atoms with Crippen molar-refractivity contribution < 1.29 is 79.3 Å². The van der Waals surface area contributed by atoms with Crippen molar-refractivity contribution in [2.24, 2.45) is 0 Å². The first-order valence-corrected chi connectivity index (χ1v) is 27.2. The molecular weight excluding hydrogens is 943 g/mol. The van der Waals surface area contributed by atoms with Gasteiger partial charge in [0.2, 0.25) is 10.9 Å². The zero-order chi connectivity index (χ0) is 48.0. The lowest BCUT2D eigenvalue weighted by Crippen LogP contribution is -2.39. The summed E-state index contributed by atoms with van der Waals surface area (Å²) in [7, 11) is -23.1. The lowest BCUT2D eigenvalue weighted by atomic mass is 9.81. The van der Waals surface area contributed by atoms with Crippen molar-refractivity contribution in [3.05, 3.63) is 94.4 Å². The summed E-state index contributed by atoms with van der Waals surface area (Å²) < 4.78 is 170. The van der Waals surface area contributed by atoms with E-state index < -0.39 is 90.7 Å². The molecule has 25 heteroatoms. The van der Waals surface area contributed by atoms with Crippen LogP contribution in [0.1, 0.15) is 70.9 Å². The second kappa shape index (κ2) is 18.2. The van der Waals surface area contributed by atoms with Gasteiger partial charge in [0.15, 0.2) is 5.71 Å². The zero-order valence-electron chi connectivity index (χ0n) is 35.0. The van der Waals surface area contributed by atoms with E-state index in [1.807, 2.05) is 0 Å². The number of anilines is 1. The molecule has 1 unspecified atom stereocenters. The van der Waals surface area contributed by atoms with Gasteiger partial charge in [-0.3, -0.25) is 27.6 Å². The van der Waals surface area contributed by atoms with Gasteiger partial charge in [0.05, 0.1) is 26.7 Å². The molecule has 7 N–H and O–H groups in total. The Kier molecular flexibility index (Phi) is 14.4. The van der Waals surface area contributed by atoms with Gasteiger partial charge in [0.1, 0.15) is 6.54 Å². The number of nitrogens with one attached hydrogen (secondary N) is 1. The molecule has 352 valence electrons. The molecule has 1 atom stereocenters. The molecule has 1 aliphatic carbocycles. The molecule has 0 bridgehead atoms. The van der Waals surface area contributed by atoms with Crippen LogP contribution in [-0.2, 0) is 66.2 Å². The maximum absolute atomic E-state index is 12.2. The predicted molar refractivity (Wildman–Crippen MR) is 235 cm³/mol. The number of carboxylic acids is 1. The number of aliphatic carboxylic acids is 1. The molecular formula is C39H50N3O17S5+. The molecule has 64 heavy (non-hydrogen) atoms. The van der Waals surface area contributed by atoms with E-state index in [-0.39, 0.29) is 41.4 Å². The number of fused-ring (bicyclic) bond motifs is 2. The molecule has 3 aliphatic rings. The van der Waals surface area contributed by atoms with E-state index in [1.54, 1.807) is 61.5 Å². The average molecular weight is 993 g/mol. The van der Waals surface area contributed by atoms with Crippen LogP contribution in [0.5, 0.6) is 0 Å². The molecule has 0 fully saturated rings. The molecule has 0 amide bonds. The minimum Gasteiger partial charge on any atom is -0.480 e. The van der Waals surface area contributed by atoms with E-state index in [1.165, 1.54) is 36.4 Å². The van der Waals surface area contributed by atoms with Gasteiger partial charge in [-0.15, -0.1) is 0 Å². The number of nitrogens with zero attached hydrogens (tertiary/aromatic N) is 2. The second-order valence-electron chi connectivity index (χ2n) is 16.6. The van der Waals surface area contributed by atoms with E-state index in [0.717, 1.165) is 0 Å². The highest BCUT2D eigenvalue weighted by Crippen LogP contribution is 2.49. The number of allylic oxidation sites excluding steroid dienone is 7. The van der Waals surface area contributed by atoms with Crippen LogP contribution < -0.4 is 10.2 Å². The van der Waals surface area contributed by atoms with Crippen molar-refractivity contribution in [3.63, 3.8) is 0 Å². The molecule has 5 rings (SSSR count). The Hall–Kier alpha value is -4.31. The largest absolute Gasteiger partial charge is 0.480 e. The fraction of sp³-hybridized carbons (Fsp3) is 0.436. The average Bonchev–Trinajstić information content (AvgIpc) is 3.48. The van der Waals surface area contributed by atoms with E-state index >= 15 is 0 Å². The summed E-state index contributed by atoms with van der Waals surface area (Å²) in [6.07, 6.45) is 7.75. The SMILES string of the molecule is CC1(C)C(/C=C/C2=C(NCC(C(=O)O)S(=O)(=O)O)C(=C/C=C3\N(CCCS(=O)(=O)O)c4ccc(S(=O)(=O)O)cc4C3(C)C)/CCC2)=[N+](CCCS(=O)(=O)O)c2ccc(S(=O)(=O)O)cc21. The zero-order valence-corrected chi connectivity index (χ0v) is 39.1. The van der Waals surface area contributed by atoms with Crippen LogP contribution in [-0.4, -0.2) is 123 Å². The lowest BCUT2D eigenvalue weighted by Gasteiger charge is -2.28. The molecule has 0 aromatic heterocycles. The summed E-state index contributed by atoms with van der Waals surface area (Å²) >= 11 is 0. The smallest absolute Gasteiger partial charge is 0.326 e. The Morgan fingerprint density at radius 2 is 1.34 bits per heavy atom. The van der Waals surface area contributed by atoms with Crippen LogP contribution in [0.2, 0.25) is 0 Å². The minimum atomic E-state index is -5.12. The maximum atomic E-state index is 12.2. The first-order valence-electron chi connectivity index (χ1n) is 19.6. The number of carbonyl (C=O) groups is 1. The maximum Gasteiger partial charge on any atom is 0.326 e. The number of hydrogen-bond donors (Lipinski definition) is 7. The van der Waals surface area contributed by atoms with Gasteiger partial charge >= 0.3 is 5.97 Å². The predicted octanol–water partition coefficient (Wildman–Crippen LogP) is 3.64.